The molecule has 0 radical (unpaired) electrons. The van der Waals surface area contributed by atoms with Gasteiger partial charge in [0, 0.05) is 4.90 Å². The van der Waals surface area contributed by atoms with Crippen molar-refractivity contribution >= 4 is 22.5 Å². The largest absolute Gasteiger partial charge is 0.389 e. The number of fused-ring (bicyclic) bond motifs is 1. The van der Waals surface area contributed by atoms with Gasteiger partial charge in [0.25, 0.3) is 0 Å². The van der Waals surface area contributed by atoms with Crippen LogP contribution in [0.2, 0.25) is 0 Å². The van der Waals surface area contributed by atoms with Crippen LogP contribution in [0.15, 0.2) is 70.5 Å². The van der Waals surface area contributed by atoms with Crippen LogP contribution in [0, 0.1) is 5.82 Å². The number of benzene rings is 3. The lowest BCUT2D eigenvalue weighted by Crippen LogP contribution is -1.96. The quantitative estimate of drug-likeness (QED) is 0.718. The predicted molar refractivity (Wildman–Crippen MR) is 85.1 cm³/mol. The molecule has 1 nitrogen and oxygen atoms in total. The normalized spacial score (nSPS) is 12.5. The fourth-order valence-corrected chi connectivity index (χ4v) is 3.39. The minimum absolute atomic E-state index is 0.299. The maximum absolute atomic E-state index is 14.1. The van der Waals surface area contributed by atoms with Crippen molar-refractivity contribution in [2.24, 2.45) is 0 Å². The van der Waals surface area contributed by atoms with Crippen LogP contribution in [0.5, 0.6) is 0 Å². The molecule has 0 saturated heterocycles. The van der Waals surface area contributed by atoms with E-state index in [0.29, 0.717) is 10.5 Å². The molecular formula is C18H15FOS. The standard InChI is InChI=1S/C18H15FOS/c1-12(20)16-7-4-8-17(19)18(16)21-15-10-9-13-5-2-3-6-14(13)11-15/h2-12,20H,1H3/t12-/m1/s1. The van der Waals surface area contributed by atoms with Crippen LogP contribution in [0.4, 0.5) is 4.39 Å². The van der Waals surface area contributed by atoms with Crippen LogP contribution in [-0.2, 0) is 0 Å². The molecule has 21 heavy (non-hydrogen) atoms. The van der Waals surface area contributed by atoms with Gasteiger partial charge in [-0.05, 0) is 41.5 Å². The molecule has 0 aliphatic rings. The molecule has 3 heteroatoms. The summed E-state index contributed by atoms with van der Waals surface area (Å²) in [6.07, 6.45) is -0.691. The molecule has 0 spiro atoms. The Kier molecular flexibility index (Phi) is 3.95. The summed E-state index contributed by atoms with van der Waals surface area (Å²) in [6, 6.07) is 18.9. The first kappa shape index (κ1) is 14.1. The van der Waals surface area contributed by atoms with Crippen molar-refractivity contribution < 1.29 is 9.50 Å². The second-order valence-corrected chi connectivity index (χ2v) is 6.03. The van der Waals surface area contributed by atoms with E-state index in [1.807, 2.05) is 42.5 Å². The molecule has 0 fully saturated rings. The molecule has 3 rings (SSSR count). The van der Waals surface area contributed by atoms with E-state index in [4.69, 9.17) is 0 Å². The SMILES string of the molecule is C[C@@H](O)c1cccc(F)c1Sc1ccc2ccccc2c1. The molecule has 0 aliphatic carbocycles. The van der Waals surface area contributed by atoms with Crippen LogP contribution in [0.3, 0.4) is 0 Å². The highest BCUT2D eigenvalue weighted by Crippen LogP contribution is 2.36. The van der Waals surface area contributed by atoms with Gasteiger partial charge in [-0.15, -0.1) is 0 Å². The van der Waals surface area contributed by atoms with E-state index in [0.717, 1.165) is 15.7 Å². The highest BCUT2D eigenvalue weighted by molar-refractivity contribution is 7.99. The van der Waals surface area contributed by atoms with Crippen LogP contribution in [0.25, 0.3) is 10.8 Å². The smallest absolute Gasteiger partial charge is 0.137 e. The molecule has 0 amide bonds. The zero-order valence-corrected chi connectivity index (χ0v) is 12.4. The Morgan fingerprint density at radius 1 is 0.952 bits per heavy atom. The lowest BCUT2D eigenvalue weighted by Gasteiger charge is -2.12. The van der Waals surface area contributed by atoms with Crippen molar-refractivity contribution in [2.45, 2.75) is 22.8 Å². The average Bonchev–Trinajstić information content (AvgIpc) is 2.49. The van der Waals surface area contributed by atoms with Crippen LogP contribution >= 0.6 is 11.8 Å². The molecule has 1 N–H and O–H groups in total. The summed E-state index contributed by atoms with van der Waals surface area (Å²) < 4.78 is 14.1. The zero-order valence-electron chi connectivity index (χ0n) is 11.6. The Balaban J connectivity index is 2.02. The van der Waals surface area contributed by atoms with Gasteiger partial charge in [0.1, 0.15) is 5.82 Å². The van der Waals surface area contributed by atoms with Crippen molar-refractivity contribution in [3.8, 4) is 0 Å². The molecule has 0 heterocycles. The van der Waals surface area contributed by atoms with Gasteiger partial charge in [-0.25, -0.2) is 4.39 Å². The van der Waals surface area contributed by atoms with Gasteiger partial charge in [-0.3, -0.25) is 0 Å². The van der Waals surface area contributed by atoms with E-state index in [-0.39, 0.29) is 5.82 Å². The Labute approximate surface area is 127 Å². The summed E-state index contributed by atoms with van der Waals surface area (Å²) in [5, 5.41) is 12.1. The summed E-state index contributed by atoms with van der Waals surface area (Å²) >= 11 is 1.35. The number of aliphatic hydroxyl groups excluding tert-OH is 1. The van der Waals surface area contributed by atoms with Gasteiger partial charge >= 0.3 is 0 Å². The van der Waals surface area contributed by atoms with Gasteiger partial charge in [-0.2, -0.15) is 0 Å². The molecule has 0 unspecified atom stereocenters. The highest BCUT2D eigenvalue weighted by Gasteiger charge is 2.13. The Bertz CT molecular complexity index is 783. The fraction of sp³-hybridized carbons (Fsp3) is 0.111. The van der Waals surface area contributed by atoms with Gasteiger partial charge in [0.05, 0.1) is 11.0 Å². The number of halogens is 1. The van der Waals surface area contributed by atoms with E-state index in [9.17, 15) is 9.50 Å². The number of hydrogen-bond donors (Lipinski definition) is 1. The predicted octanol–water partition coefficient (Wildman–Crippen LogP) is 5.18. The number of hydrogen-bond acceptors (Lipinski definition) is 2. The molecule has 3 aromatic rings. The Hall–Kier alpha value is -1.84. The molecule has 106 valence electrons. The summed E-state index contributed by atoms with van der Waals surface area (Å²) in [6.45, 7) is 1.65. The van der Waals surface area contributed by atoms with Crippen molar-refractivity contribution in [2.75, 3.05) is 0 Å². The third-order valence-electron chi connectivity index (χ3n) is 3.39. The van der Waals surface area contributed by atoms with Crippen LogP contribution in [-0.4, -0.2) is 5.11 Å². The minimum Gasteiger partial charge on any atom is -0.389 e. The minimum atomic E-state index is -0.691. The molecule has 0 aromatic heterocycles. The van der Waals surface area contributed by atoms with Gasteiger partial charge in [-0.1, -0.05) is 54.2 Å². The highest BCUT2D eigenvalue weighted by atomic mass is 32.2. The number of aliphatic hydroxyl groups is 1. The lowest BCUT2D eigenvalue weighted by molar-refractivity contribution is 0.195. The molecular weight excluding hydrogens is 283 g/mol. The number of rotatable bonds is 3. The average molecular weight is 298 g/mol. The topological polar surface area (TPSA) is 20.2 Å². The first-order valence-corrected chi connectivity index (χ1v) is 7.60. The van der Waals surface area contributed by atoms with Crippen molar-refractivity contribution in [3.05, 3.63) is 72.0 Å². The molecule has 3 aromatic carbocycles. The van der Waals surface area contributed by atoms with Crippen LogP contribution < -0.4 is 0 Å². The Morgan fingerprint density at radius 3 is 2.48 bits per heavy atom. The zero-order chi connectivity index (χ0) is 14.8. The molecule has 0 aliphatic heterocycles. The second-order valence-electron chi connectivity index (χ2n) is 4.95. The maximum Gasteiger partial charge on any atom is 0.137 e. The monoisotopic (exact) mass is 298 g/mol. The van der Waals surface area contributed by atoms with Crippen molar-refractivity contribution in [1.82, 2.24) is 0 Å². The van der Waals surface area contributed by atoms with Gasteiger partial charge in [0.15, 0.2) is 0 Å². The van der Waals surface area contributed by atoms with E-state index < -0.39 is 6.10 Å². The van der Waals surface area contributed by atoms with Crippen molar-refractivity contribution in [1.29, 1.82) is 0 Å². The van der Waals surface area contributed by atoms with E-state index >= 15 is 0 Å². The van der Waals surface area contributed by atoms with E-state index in [1.165, 1.54) is 17.8 Å². The van der Waals surface area contributed by atoms with E-state index in [1.54, 1.807) is 19.1 Å². The third-order valence-corrected chi connectivity index (χ3v) is 4.51. The van der Waals surface area contributed by atoms with Gasteiger partial charge < -0.3 is 5.11 Å². The summed E-state index contributed by atoms with van der Waals surface area (Å²) in [7, 11) is 0. The van der Waals surface area contributed by atoms with Gasteiger partial charge in [0.2, 0.25) is 0 Å². The Morgan fingerprint density at radius 2 is 1.71 bits per heavy atom. The second kappa shape index (κ2) is 5.88. The lowest BCUT2D eigenvalue weighted by atomic mass is 10.1. The molecule has 0 saturated carbocycles. The maximum atomic E-state index is 14.1. The molecule has 1 atom stereocenters. The van der Waals surface area contributed by atoms with Crippen LogP contribution in [0.1, 0.15) is 18.6 Å². The first-order valence-electron chi connectivity index (χ1n) is 6.78. The van der Waals surface area contributed by atoms with Crippen molar-refractivity contribution in [3.63, 3.8) is 0 Å². The first-order chi connectivity index (χ1) is 10.1. The third kappa shape index (κ3) is 2.94. The summed E-state index contributed by atoms with van der Waals surface area (Å²) in [5.74, 6) is -0.299. The summed E-state index contributed by atoms with van der Waals surface area (Å²) in [5.41, 5.74) is 0.619. The summed E-state index contributed by atoms with van der Waals surface area (Å²) in [4.78, 5) is 1.45. The molecule has 0 bridgehead atoms. The van der Waals surface area contributed by atoms with E-state index in [2.05, 4.69) is 0 Å². The fourth-order valence-electron chi connectivity index (χ4n) is 2.31.